The summed E-state index contributed by atoms with van der Waals surface area (Å²) in [5.41, 5.74) is 4.86. The Balaban J connectivity index is 1.41. The maximum atomic E-state index is 13.9. The van der Waals surface area contributed by atoms with Crippen LogP contribution in [0.25, 0.3) is 11.2 Å². The monoisotopic (exact) mass is 548 g/mol. The van der Waals surface area contributed by atoms with Gasteiger partial charge in [-0.1, -0.05) is 41.4 Å². The molecule has 1 unspecified atom stereocenters. The van der Waals surface area contributed by atoms with Crippen LogP contribution in [-0.4, -0.2) is 30.3 Å². The summed E-state index contributed by atoms with van der Waals surface area (Å²) in [6.07, 6.45) is 5.24. The molecule has 1 aliphatic carbocycles. The van der Waals surface area contributed by atoms with Crippen molar-refractivity contribution in [1.29, 1.82) is 0 Å². The summed E-state index contributed by atoms with van der Waals surface area (Å²) in [5.74, 6) is -0.163. The predicted molar refractivity (Wildman–Crippen MR) is 144 cm³/mol. The van der Waals surface area contributed by atoms with Crippen LogP contribution in [0.2, 0.25) is 10.0 Å². The quantitative estimate of drug-likeness (QED) is 0.308. The Morgan fingerprint density at radius 1 is 1.05 bits per heavy atom. The van der Waals surface area contributed by atoms with Crippen molar-refractivity contribution in [1.82, 2.24) is 29.7 Å². The molecule has 0 aliphatic heterocycles. The molecule has 0 radical (unpaired) electrons. The summed E-state index contributed by atoms with van der Waals surface area (Å²) in [5, 5.41) is 12.7. The minimum atomic E-state index is -0.819. The number of pyridine rings is 1. The second kappa shape index (κ2) is 9.22. The van der Waals surface area contributed by atoms with Gasteiger partial charge < -0.3 is 5.32 Å². The molecular weight excluding hydrogens is 526 g/mol. The first kappa shape index (κ1) is 24.6. The van der Waals surface area contributed by atoms with E-state index >= 15 is 0 Å². The standard InChI is InChI=1S/C28H23Cl2FN6O/c1-16-3-8-25-21-13-28(18-4-6-19(31)7-5-18,10-9-24(21)35-36(25)14-16)33-27(38)26-22(29)11-20(12-23(26)30)37-15-32-17(2)34-37/h3-8,11-12,14-15H,9-10,13H2,1-2H3,(H,33,38). The van der Waals surface area contributed by atoms with Gasteiger partial charge in [0.2, 0.25) is 0 Å². The molecule has 6 rings (SSSR count). The second-order valence-electron chi connectivity index (χ2n) is 9.70. The van der Waals surface area contributed by atoms with Crippen molar-refractivity contribution in [3.05, 3.63) is 111 Å². The van der Waals surface area contributed by atoms with Crippen LogP contribution in [0.5, 0.6) is 0 Å². The third-order valence-corrected chi connectivity index (χ3v) is 7.70. The summed E-state index contributed by atoms with van der Waals surface area (Å²) in [6, 6.07) is 13.6. The van der Waals surface area contributed by atoms with Crippen LogP contribution in [-0.2, 0) is 18.4 Å². The molecule has 0 bridgehead atoms. The van der Waals surface area contributed by atoms with E-state index in [4.69, 9.17) is 28.3 Å². The average molecular weight is 549 g/mol. The van der Waals surface area contributed by atoms with Crippen molar-refractivity contribution in [3.63, 3.8) is 0 Å². The van der Waals surface area contributed by atoms with Crippen LogP contribution >= 0.6 is 23.2 Å². The molecule has 1 N–H and O–H groups in total. The average Bonchev–Trinajstić information content (AvgIpc) is 3.46. The highest BCUT2D eigenvalue weighted by Crippen LogP contribution is 2.39. The van der Waals surface area contributed by atoms with E-state index in [-0.39, 0.29) is 21.4 Å². The number of nitrogens with zero attached hydrogens (tertiary/aromatic N) is 5. The Labute approximate surface area is 228 Å². The predicted octanol–water partition coefficient (Wildman–Crippen LogP) is 5.79. The molecule has 192 valence electrons. The number of fused-ring (bicyclic) bond motifs is 3. The van der Waals surface area contributed by atoms with Gasteiger partial charge in [0.05, 0.1) is 38.0 Å². The SMILES string of the molecule is Cc1ccc2c3c(nn2c1)CCC(NC(=O)c1c(Cl)cc(-n2cnc(C)n2)cc1Cl)(c1ccc(F)cc1)C3. The normalized spacial score (nSPS) is 17.0. The number of carbonyl (C=O) groups excluding carboxylic acids is 1. The molecule has 3 heterocycles. The third kappa shape index (κ3) is 4.23. The van der Waals surface area contributed by atoms with Crippen molar-refractivity contribution in [2.45, 2.75) is 38.6 Å². The first-order chi connectivity index (χ1) is 18.2. The van der Waals surface area contributed by atoms with E-state index in [1.54, 1.807) is 42.2 Å². The third-order valence-electron chi connectivity index (χ3n) is 7.10. The van der Waals surface area contributed by atoms with Gasteiger partial charge in [0.25, 0.3) is 5.91 Å². The van der Waals surface area contributed by atoms with Crippen LogP contribution in [0.1, 0.15) is 45.0 Å². The lowest BCUT2D eigenvalue weighted by Crippen LogP contribution is -2.49. The summed E-state index contributed by atoms with van der Waals surface area (Å²) in [6.45, 7) is 3.79. The van der Waals surface area contributed by atoms with E-state index in [0.717, 1.165) is 27.9 Å². The topological polar surface area (TPSA) is 77.1 Å². The fourth-order valence-corrected chi connectivity index (χ4v) is 5.87. The molecule has 0 saturated heterocycles. The van der Waals surface area contributed by atoms with Gasteiger partial charge in [0.15, 0.2) is 0 Å². The number of aryl methyl sites for hydroxylation is 3. The first-order valence-electron chi connectivity index (χ1n) is 12.2. The number of nitrogens with one attached hydrogen (secondary N) is 1. The van der Waals surface area contributed by atoms with E-state index in [1.807, 2.05) is 29.8 Å². The lowest BCUT2D eigenvalue weighted by atomic mass is 9.75. The number of hydrogen-bond donors (Lipinski definition) is 1. The van der Waals surface area contributed by atoms with Crippen molar-refractivity contribution < 1.29 is 9.18 Å². The molecule has 1 amide bonds. The maximum Gasteiger partial charge on any atom is 0.255 e. The lowest BCUT2D eigenvalue weighted by molar-refractivity contribution is 0.0886. The van der Waals surface area contributed by atoms with E-state index in [2.05, 4.69) is 15.4 Å². The van der Waals surface area contributed by atoms with E-state index in [0.29, 0.717) is 30.8 Å². The van der Waals surface area contributed by atoms with Crippen molar-refractivity contribution in [2.75, 3.05) is 0 Å². The Morgan fingerprint density at radius 2 is 1.79 bits per heavy atom. The molecule has 2 aromatic carbocycles. The molecule has 0 spiro atoms. The Morgan fingerprint density at radius 3 is 2.47 bits per heavy atom. The fraction of sp³-hybridized carbons (Fsp3) is 0.214. The van der Waals surface area contributed by atoms with Gasteiger partial charge in [-0.2, -0.15) is 10.2 Å². The summed E-state index contributed by atoms with van der Waals surface area (Å²) >= 11 is 13.2. The molecule has 5 aromatic rings. The summed E-state index contributed by atoms with van der Waals surface area (Å²) < 4.78 is 17.3. The van der Waals surface area contributed by atoms with Crippen molar-refractivity contribution >= 4 is 34.6 Å². The number of carbonyl (C=O) groups is 1. The number of amides is 1. The Kier molecular flexibility index (Phi) is 5.96. The lowest BCUT2D eigenvalue weighted by Gasteiger charge is -2.38. The van der Waals surface area contributed by atoms with Crippen molar-refractivity contribution in [3.8, 4) is 5.69 Å². The van der Waals surface area contributed by atoms with Gasteiger partial charge in [-0.15, -0.1) is 0 Å². The van der Waals surface area contributed by atoms with E-state index in [9.17, 15) is 9.18 Å². The molecule has 1 atom stereocenters. The second-order valence-corrected chi connectivity index (χ2v) is 10.5. The molecular formula is C28H23Cl2FN6O. The number of benzene rings is 2. The molecule has 1 aliphatic rings. The molecule has 7 nitrogen and oxygen atoms in total. The molecule has 38 heavy (non-hydrogen) atoms. The van der Waals surface area contributed by atoms with Gasteiger partial charge in [-0.3, -0.25) is 4.79 Å². The highest BCUT2D eigenvalue weighted by Gasteiger charge is 2.40. The smallest absolute Gasteiger partial charge is 0.255 e. The number of hydrogen-bond acceptors (Lipinski definition) is 4. The van der Waals surface area contributed by atoms with Gasteiger partial charge in [-0.05, 0) is 68.1 Å². The largest absolute Gasteiger partial charge is 0.342 e. The molecule has 10 heteroatoms. The maximum absolute atomic E-state index is 13.9. The number of halogens is 3. The van der Waals surface area contributed by atoms with Crippen LogP contribution in [0.4, 0.5) is 4.39 Å². The molecule has 0 fully saturated rings. The van der Waals surface area contributed by atoms with Gasteiger partial charge in [0.1, 0.15) is 18.0 Å². The number of aromatic nitrogens is 5. The molecule has 0 saturated carbocycles. The van der Waals surface area contributed by atoms with E-state index < -0.39 is 11.4 Å². The molecule has 3 aromatic heterocycles. The number of rotatable bonds is 4. The highest BCUT2D eigenvalue weighted by atomic mass is 35.5. The zero-order chi connectivity index (χ0) is 26.6. The Hall–Kier alpha value is -3.75. The summed E-state index contributed by atoms with van der Waals surface area (Å²) in [4.78, 5) is 17.9. The van der Waals surface area contributed by atoms with Gasteiger partial charge in [-0.25, -0.2) is 18.6 Å². The highest BCUT2D eigenvalue weighted by molar-refractivity contribution is 6.40. The zero-order valence-corrected chi connectivity index (χ0v) is 22.2. The minimum Gasteiger partial charge on any atom is -0.342 e. The van der Waals surface area contributed by atoms with Gasteiger partial charge >= 0.3 is 0 Å². The van der Waals surface area contributed by atoms with Crippen LogP contribution < -0.4 is 5.32 Å². The first-order valence-corrected chi connectivity index (χ1v) is 12.9. The van der Waals surface area contributed by atoms with Crippen LogP contribution in [0.15, 0.2) is 61.1 Å². The van der Waals surface area contributed by atoms with E-state index in [1.165, 1.54) is 12.1 Å². The zero-order valence-electron chi connectivity index (χ0n) is 20.7. The van der Waals surface area contributed by atoms with Gasteiger partial charge in [0, 0.05) is 18.2 Å². The fourth-order valence-electron chi connectivity index (χ4n) is 5.22. The summed E-state index contributed by atoms with van der Waals surface area (Å²) in [7, 11) is 0. The Bertz CT molecular complexity index is 1690. The van der Waals surface area contributed by atoms with Crippen LogP contribution in [0, 0.1) is 19.7 Å². The van der Waals surface area contributed by atoms with Crippen LogP contribution in [0.3, 0.4) is 0 Å². The minimum absolute atomic E-state index is 0.164. The van der Waals surface area contributed by atoms with Crippen molar-refractivity contribution in [2.24, 2.45) is 0 Å².